The second-order valence-corrected chi connectivity index (χ2v) is 8.35. The van der Waals surface area contributed by atoms with Gasteiger partial charge in [-0.3, -0.25) is 4.79 Å². The minimum absolute atomic E-state index is 0. The molecule has 3 aromatic rings. The number of hydrogen-bond acceptors (Lipinski definition) is 6. The summed E-state index contributed by atoms with van der Waals surface area (Å²) in [6.45, 7) is 1.67. The van der Waals surface area contributed by atoms with E-state index in [1.165, 1.54) is 6.20 Å². The van der Waals surface area contributed by atoms with Gasteiger partial charge in [-0.2, -0.15) is 17.5 Å². The van der Waals surface area contributed by atoms with E-state index in [0.29, 0.717) is 11.1 Å². The highest BCUT2D eigenvalue weighted by Crippen LogP contribution is 2.38. The molecule has 0 saturated carbocycles. The maximum Gasteiger partial charge on any atom is 0.418 e. The fourth-order valence-corrected chi connectivity index (χ4v) is 4.20. The van der Waals surface area contributed by atoms with E-state index in [9.17, 15) is 26.7 Å². The van der Waals surface area contributed by atoms with E-state index in [-0.39, 0.29) is 24.2 Å². The summed E-state index contributed by atoms with van der Waals surface area (Å²) >= 11 is 1.02. The normalized spacial score (nSPS) is 16.2. The van der Waals surface area contributed by atoms with Gasteiger partial charge in [-0.05, 0) is 56.6 Å². The van der Waals surface area contributed by atoms with Crippen molar-refractivity contribution >= 4 is 35.5 Å². The number of rotatable bonds is 5. The highest BCUT2D eigenvalue weighted by atomic mass is 35.5. The third-order valence-electron chi connectivity index (χ3n) is 5.21. The lowest BCUT2D eigenvalue weighted by molar-refractivity contribution is -0.137. The first-order valence-corrected chi connectivity index (χ1v) is 11.2. The molecule has 1 aromatic carbocycles. The Bertz CT molecular complexity index is 1160. The molecule has 188 valence electrons. The molecule has 0 bridgehead atoms. The smallest absolute Gasteiger partial charge is 0.418 e. The van der Waals surface area contributed by atoms with Crippen molar-refractivity contribution in [3.8, 4) is 16.3 Å². The molecule has 6 nitrogen and oxygen atoms in total. The number of alkyl halides is 3. The summed E-state index contributed by atoms with van der Waals surface area (Å²) in [7, 11) is 0. The molecule has 3 heterocycles. The van der Waals surface area contributed by atoms with Crippen LogP contribution in [-0.4, -0.2) is 34.5 Å². The van der Waals surface area contributed by atoms with E-state index in [4.69, 9.17) is 4.74 Å². The summed E-state index contributed by atoms with van der Waals surface area (Å²) in [5.74, 6) is -3.34. The van der Waals surface area contributed by atoms with Crippen molar-refractivity contribution in [2.45, 2.75) is 31.5 Å². The molecular formula is C22H20ClF5N4O2S. The Balaban J connectivity index is 0.00000342. The third-order valence-corrected chi connectivity index (χ3v) is 5.91. The third kappa shape index (κ3) is 6.24. The minimum atomic E-state index is -4.95. The molecule has 1 aliphatic rings. The molecule has 0 radical (unpaired) electrons. The second-order valence-electron chi connectivity index (χ2n) is 7.59. The monoisotopic (exact) mass is 534 g/mol. The Kier molecular flexibility index (Phi) is 8.62. The van der Waals surface area contributed by atoms with Crippen LogP contribution in [0.2, 0.25) is 0 Å². The topological polar surface area (TPSA) is 76.1 Å². The molecule has 1 saturated heterocycles. The van der Waals surface area contributed by atoms with Gasteiger partial charge in [0.25, 0.3) is 5.91 Å². The summed E-state index contributed by atoms with van der Waals surface area (Å²) in [5.41, 5.74) is -3.57. The largest absolute Gasteiger partial charge is 0.478 e. The van der Waals surface area contributed by atoms with Crippen molar-refractivity contribution in [1.29, 1.82) is 0 Å². The average molecular weight is 535 g/mol. The Morgan fingerprint density at radius 1 is 1.11 bits per heavy atom. The lowest BCUT2D eigenvalue weighted by atomic mass is 10.0. The lowest BCUT2D eigenvalue weighted by Gasteiger charge is -2.16. The average Bonchev–Trinajstić information content (AvgIpc) is 3.04. The van der Waals surface area contributed by atoms with Crippen LogP contribution in [0.15, 0.2) is 36.5 Å². The first-order chi connectivity index (χ1) is 16.2. The zero-order valence-corrected chi connectivity index (χ0v) is 19.6. The molecule has 2 N–H and O–H groups in total. The van der Waals surface area contributed by atoms with E-state index in [1.807, 2.05) is 0 Å². The van der Waals surface area contributed by atoms with Gasteiger partial charge in [-0.1, -0.05) is 6.07 Å². The Hall–Kier alpha value is -2.83. The van der Waals surface area contributed by atoms with Crippen molar-refractivity contribution in [2.75, 3.05) is 18.4 Å². The van der Waals surface area contributed by atoms with Gasteiger partial charge in [0.05, 0.1) is 23.0 Å². The van der Waals surface area contributed by atoms with Gasteiger partial charge < -0.3 is 15.4 Å². The fraction of sp³-hybridized carbons (Fsp3) is 0.318. The summed E-state index contributed by atoms with van der Waals surface area (Å²) < 4.78 is 79.1. The van der Waals surface area contributed by atoms with Gasteiger partial charge in [0, 0.05) is 11.5 Å². The molecule has 13 heteroatoms. The molecular weight excluding hydrogens is 515 g/mol. The highest BCUT2D eigenvalue weighted by Gasteiger charge is 2.36. The summed E-state index contributed by atoms with van der Waals surface area (Å²) in [6, 6.07) is 4.07. The van der Waals surface area contributed by atoms with Gasteiger partial charge in [-0.15, -0.1) is 12.4 Å². The van der Waals surface area contributed by atoms with Gasteiger partial charge in [0.2, 0.25) is 5.06 Å². The number of pyridine rings is 1. The number of hydrogen-bond donors (Lipinski definition) is 2. The van der Waals surface area contributed by atoms with E-state index in [1.54, 1.807) is 0 Å². The zero-order valence-electron chi connectivity index (χ0n) is 18.0. The number of carbonyl (C=O) groups is 1. The van der Waals surface area contributed by atoms with Crippen molar-refractivity contribution in [3.05, 3.63) is 59.4 Å². The van der Waals surface area contributed by atoms with Crippen LogP contribution in [0, 0.1) is 11.6 Å². The number of carbonyl (C=O) groups excluding carboxylic acids is 1. The Morgan fingerprint density at radius 2 is 1.86 bits per heavy atom. The van der Waals surface area contributed by atoms with E-state index < -0.39 is 46.2 Å². The Labute approximate surface area is 207 Å². The maximum absolute atomic E-state index is 14.3. The van der Waals surface area contributed by atoms with E-state index in [0.717, 1.165) is 68.1 Å². The number of aromatic nitrogens is 2. The zero-order chi connectivity index (χ0) is 24.3. The number of halogens is 6. The van der Waals surface area contributed by atoms with Gasteiger partial charge >= 0.3 is 6.18 Å². The molecule has 4 rings (SSSR count). The first kappa shape index (κ1) is 26.8. The van der Waals surface area contributed by atoms with Crippen LogP contribution in [0.5, 0.6) is 5.06 Å². The molecule has 35 heavy (non-hydrogen) atoms. The number of amides is 1. The van der Waals surface area contributed by atoms with E-state index >= 15 is 0 Å². The Morgan fingerprint density at radius 3 is 2.57 bits per heavy atom. The highest BCUT2D eigenvalue weighted by molar-refractivity contribution is 7.08. The summed E-state index contributed by atoms with van der Waals surface area (Å²) in [6.07, 6.45) is -1.16. The van der Waals surface area contributed by atoms with Crippen LogP contribution in [0.25, 0.3) is 11.3 Å². The fourth-order valence-electron chi connectivity index (χ4n) is 3.57. The van der Waals surface area contributed by atoms with Crippen LogP contribution >= 0.6 is 23.9 Å². The van der Waals surface area contributed by atoms with Crippen molar-refractivity contribution in [2.24, 2.45) is 0 Å². The number of nitrogens with one attached hydrogen (secondary N) is 2. The minimum Gasteiger partial charge on any atom is -0.478 e. The molecule has 1 fully saturated rings. The molecule has 0 aliphatic carbocycles. The quantitative estimate of drug-likeness (QED) is 0.411. The molecule has 1 aliphatic heterocycles. The SMILES string of the molecule is Cl.O=C(Nc1cnsc1OC1CCCNCC1)c1ccc(C(F)(F)F)c(-c2c(F)cccc2F)n1. The molecule has 1 atom stereocenters. The number of nitrogens with zero attached hydrogens (tertiary/aromatic N) is 2. The predicted octanol–water partition coefficient (Wildman–Crippen LogP) is 5.70. The number of anilines is 1. The predicted molar refractivity (Wildman–Crippen MR) is 123 cm³/mol. The van der Waals surface area contributed by atoms with Crippen molar-refractivity contribution in [3.63, 3.8) is 0 Å². The van der Waals surface area contributed by atoms with Gasteiger partial charge in [0.1, 0.15) is 29.1 Å². The van der Waals surface area contributed by atoms with Crippen LogP contribution < -0.4 is 15.4 Å². The lowest BCUT2D eigenvalue weighted by Crippen LogP contribution is -2.20. The molecule has 1 unspecified atom stereocenters. The van der Waals surface area contributed by atoms with Crippen molar-refractivity contribution < 1.29 is 31.5 Å². The number of ether oxygens (including phenoxy) is 1. The summed E-state index contributed by atoms with van der Waals surface area (Å²) in [4.78, 5) is 16.5. The van der Waals surface area contributed by atoms with Crippen LogP contribution in [0.4, 0.5) is 27.6 Å². The van der Waals surface area contributed by atoms with Gasteiger partial charge in [-0.25, -0.2) is 13.8 Å². The number of benzene rings is 1. The van der Waals surface area contributed by atoms with Gasteiger partial charge in [0.15, 0.2) is 0 Å². The first-order valence-electron chi connectivity index (χ1n) is 10.4. The van der Waals surface area contributed by atoms with Crippen LogP contribution in [0.3, 0.4) is 0 Å². The molecule has 0 spiro atoms. The standard InChI is InChI=1S/C22H19F5N4O2S.ClH/c23-14-4-1-5-15(24)18(14)19-13(22(25,26)27)6-7-16(30-19)20(32)31-17-11-29-34-21(17)33-12-3-2-9-28-10-8-12;/h1,4-7,11-12,28H,2-3,8-10H2,(H,31,32);1H. The molecule has 2 aromatic heterocycles. The van der Waals surface area contributed by atoms with Crippen LogP contribution in [0.1, 0.15) is 35.3 Å². The molecule has 1 amide bonds. The summed E-state index contributed by atoms with van der Waals surface area (Å²) in [5, 5.41) is 6.13. The maximum atomic E-state index is 14.3. The van der Waals surface area contributed by atoms with Crippen LogP contribution in [-0.2, 0) is 6.18 Å². The van der Waals surface area contributed by atoms with Crippen molar-refractivity contribution in [1.82, 2.24) is 14.7 Å². The second kappa shape index (κ2) is 11.3. The van der Waals surface area contributed by atoms with E-state index in [2.05, 4.69) is 20.0 Å².